The maximum Gasteiger partial charge on any atom is 0.417 e. The molecule has 1 amide bonds. The third kappa shape index (κ3) is 3.37. The summed E-state index contributed by atoms with van der Waals surface area (Å²) < 4.78 is 40.3. The molecule has 1 aromatic heterocycles. The van der Waals surface area contributed by atoms with Gasteiger partial charge in [-0.15, -0.1) is 0 Å². The molecule has 0 saturated heterocycles. The second-order valence-electron chi connectivity index (χ2n) is 4.63. The number of para-hydroxylation sites is 1. The minimum atomic E-state index is -4.62. The van der Waals surface area contributed by atoms with Crippen molar-refractivity contribution in [3.8, 4) is 0 Å². The van der Waals surface area contributed by atoms with Gasteiger partial charge in [0.1, 0.15) is 0 Å². The van der Waals surface area contributed by atoms with E-state index >= 15 is 0 Å². The van der Waals surface area contributed by atoms with Crippen LogP contribution in [-0.4, -0.2) is 10.9 Å². The van der Waals surface area contributed by atoms with Gasteiger partial charge < -0.3 is 0 Å². The number of nitrogens with one attached hydrogen (secondary N) is 1. The van der Waals surface area contributed by atoms with Crippen molar-refractivity contribution in [2.45, 2.75) is 6.18 Å². The number of carbonyl (C=O) groups excluding carboxylic acids is 1. The van der Waals surface area contributed by atoms with Gasteiger partial charge in [0.15, 0.2) is 5.13 Å². The summed E-state index contributed by atoms with van der Waals surface area (Å²) in [7, 11) is 0. The Morgan fingerprint density at radius 3 is 2.61 bits per heavy atom. The van der Waals surface area contributed by atoms with Gasteiger partial charge in [-0.05, 0) is 30.3 Å². The van der Waals surface area contributed by atoms with Crippen molar-refractivity contribution in [3.05, 3.63) is 58.1 Å². The first-order valence-electron chi connectivity index (χ1n) is 6.38. The molecule has 3 rings (SSSR count). The van der Waals surface area contributed by atoms with Crippen molar-refractivity contribution >= 4 is 48.5 Å². The topological polar surface area (TPSA) is 42.0 Å². The first kappa shape index (κ1) is 15.9. The van der Waals surface area contributed by atoms with Crippen LogP contribution in [0.1, 0.15) is 15.9 Å². The Morgan fingerprint density at radius 2 is 1.91 bits per heavy atom. The molecule has 1 N–H and O–H groups in total. The summed E-state index contributed by atoms with van der Waals surface area (Å²) in [6.45, 7) is 0. The summed E-state index contributed by atoms with van der Waals surface area (Å²) >= 11 is 4.19. The fourth-order valence-corrected chi connectivity index (χ4v) is 3.26. The SMILES string of the molecule is O=C(Nc1nc2ccccc2s1)c1ccc(Br)cc1C(F)(F)F. The van der Waals surface area contributed by atoms with Crippen molar-refractivity contribution in [1.29, 1.82) is 0 Å². The third-order valence-electron chi connectivity index (χ3n) is 3.05. The average molecular weight is 401 g/mol. The molecule has 3 aromatic rings. The Balaban J connectivity index is 1.94. The third-order valence-corrected chi connectivity index (χ3v) is 4.49. The minimum Gasteiger partial charge on any atom is -0.298 e. The fraction of sp³-hybridized carbons (Fsp3) is 0.0667. The number of hydrogen-bond donors (Lipinski definition) is 1. The zero-order chi connectivity index (χ0) is 16.6. The lowest BCUT2D eigenvalue weighted by Crippen LogP contribution is -2.18. The molecule has 23 heavy (non-hydrogen) atoms. The highest BCUT2D eigenvalue weighted by Gasteiger charge is 2.35. The average Bonchev–Trinajstić information content (AvgIpc) is 2.88. The Bertz CT molecular complexity index is 859. The number of aromatic nitrogens is 1. The molecule has 0 radical (unpaired) electrons. The standard InChI is InChI=1S/C15H8BrF3N2OS/c16-8-5-6-9(10(7-8)15(17,18)19)13(22)21-14-20-11-3-1-2-4-12(11)23-14/h1-7H,(H,20,21,22). The monoisotopic (exact) mass is 400 g/mol. The molecule has 0 aliphatic heterocycles. The van der Waals surface area contributed by atoms with Gasteiger partial charge in [0.2, 0.25) is 0 Å². The summed E-state index contributed by atoms with van der Waals surface area (Å²) in [4.78, 5) is 16.4. The number of hydrogen-bond acceptors (Lipinski definition) is 3. The molecule has 0 bridgehead atoms. The van der Waals surface area contributed by atoms with E-state index in [0.29, 0.717) is 5.52 Å². The van der Waals surface area contributed by atoms with E-state index in [2.05, 4.69) is 26.2 Å². The number of halogens is 4. The highest BCUT2D eigenvalue weighted by molar-refractivity contribution is 9.10. The number of alkyl halides is 3. The highest BCUT2D eigenvalue weighted by Crippen LogP contribution is 2.34. The molecule has 0 saturated carbocycles. The van der Waals surface area contributed by atoms with E-state index in [1.807, 2.05) is 12.1 Å². The number of rotatable bonds is 2. The van der Waals surface area contributed by atoms with Crippen LogP contribution >= 0.6 is 27.3 Å². The minimum absolute atomic E-state index is 0.251. The second-order valence-corrected chi connectivity index (χ2v) is 6.57. The van der Waals surface area contributed by atoms with Gasteiger partial charge in [0, 0.05) is 4.47 Å². The van der Waals surface area contributed by atoms with Gasteiger partial charge in [-0.2, -0.15) is 13.2 Å². The summed E-state index contributed by atoms with van der Waals surface area (Å²) in [5.74, 6) is -0.844. The molecule has 0 aliphatic rings. The lowest BCUT2D eigenvalue weighted by atomic mass is 10.1. The highest BCUT2D eigenvalue weighted by atomic mass is 79.9. The van der Waals surface area contributed by atoms with Crippen LogP contribution in [0.5, 0.6) is 0 Å². The van der Waals surface area contributed by atoms with Gasteiger partial charge in [0.05, 0.1) is 21.3 Å². The predicted molar refractivity (Wildman–Crippen MR) is 86.7 cm³/mol. The smallest absolute Gasteiger partial charge is 0.298 e. The van der Waals surface area contributed by atoms with Crippen molar-refractivity contribution in [1.82, 2.24) is 4.98 Å². The number of anilines is 1. The van der Waals surface area contributed by atoms with Gasteiger partial charge in [-0.1, -0.05) is 39.4 Å². The molecule has 0 unspecified atom stereocenters. The van der Waals surface area contributed by atoms with Crippen LogP contribution in [-0.2, 0) is 6.18 Å². The van der Waals surface area contributed by atoms with Crippen molar-refractivity contribution in [3.63, 3.8) is 0 Å². The Morgan fingerprint density at radius 1 is 1.17 bits per heavy atom. The van der Waals surface area contributed by atoms with Crippen LogP contribution < -0.4 is 5.32 Å². The molecular formula is C15H8BrF3N2OS. The maximum absolute atomic E-state index is 13.1. The first-order valence-corrected chi connectivity index (χ1v) is 7.99. The molecular weight excluding hydrogens is 393 g/mol. The fourth-order valence-electron chi connectivity index (χ4n) is 2.04. The number of amides is 1. The summed E-state index contributed by atoms with van der Waals surface area (Å²) in [5.41, 5.74) is -0.759. The predicted octanol–water partition coefficient (Wildman–Crippen LogP) is 5.33. The van der Waals surface area contributed by atoms with Crippen molar-refractivity contribution in [2.24, 2.45) is 0 Å². The van der Waals surface area contributed by atoms with E-state index in [1.54, 1.807) is 12.1 Å². The quantitative estimate of drug-likeness (QED) is 0.631. The number of thiazole rings is 1. The molecule has 2 aromatic carbocycles. The van der Waals surface area contributed by atoms with E-state index in [0.717, 1.165) is 16.8 Å². The van der Waals surface area contributed by atoms with E-state index < -0.39 is 23.2 Å². The van der Waals surface area contributed by atoms with E-state index in [1.165, 1.54) is 17.4 Å². The van der Waals surface area contributed by atoms with Crippen LogP contribution in [0.4, 0.5) is 18.3 Å². The Labute approximate surface area is 141 Å². The van der Waals surface area contributed by atoms with Crippen LogP contribution in [0.3, 0.4) is 0 Å². The van der Waals surface area contributed by atoms with Crippen molar-refractivity contribution < 1.29 is 18.0 Å². The van der Waals surface area contributed by atoms with Crippen LogP contribution in [0.15, 0.2) is 46.9 Å². The number of fused-ring (bicyclic) bond motifs is 1. The lowest BCUT2D eigenvalue weighted by molar-refractivity contribution is -0.137. The van der Waals surface area contributed by atoms with E-state index in [4.69, 9.17) is 0 Å². The second kappa shape index (κ2) is 5.93. The summed E-state index contributed by atoms with van der Waals surface area (Å²) in [6.07, 6.45) is -4.62. The number of carbonyl (C=O) groups is 1. The number of nitrogens with zero attached hydrogens (tertiary/aromatic N) is 1. The molecule has 0 fully saturated rings. The van der Waals surface area contributed by atoms with Crippen LogP contribution in [0.25, 0.3) is 10.2 Å². The van der Waals surface area contributed by atoms with Crippen molar-refractivity contribution in [2.75, 3.05) is 5.32 Å². The van der Waals surface area contributed by atoms with Gasteiger partial charge >= 0.3 is 6.18 Å². The normalized spacial score (nSPS) is 11.7. The zero-order valence-corrected chi connectivity index (χ0v) is 13.7. The molecule has 0 atom stereocenters. The maximum atomic E-state index is 13.1. The summed E-state index contributed by atoms with van der Waals surface area (Å²) in [6, 6.07) is 10.6. The first-order chi connectivity index (χ1) is 10.8. The molecule has 1 heterocycles. The zero-order valence-electron chi connectivity index (χ0n) is 11.3. The molecule has 8 heteroatoms. The molecule has 3 nitrogen and oxygen atoms in total. The number of benzene rings is 2. The van der Waals surface area contributed by atoms with Gasteiger partial charge in [-0.3, -0.25) is 10.1 Å². The lowest BCUT2D eigenvalue weighted by Gasteiger charge is -2.12. The molecule has 0 spiro atoms. The Hall–Kier alpha value is -1.93. The van der Waals surface area contributed by atoms with Crippen LogP contribution in [0.2, 0.25) is 0 Å². The molecule has 0 aliphatic carbocycles. The van der Waals surface area contributed by atoms with E-state index in [9.17, 15) is 18.0 Å². The van der Waals surface area contributed by atoms with Gasteiger partial charge in [0.25, 0.3) is 5.91 Å². The van der Waals surface area contributed by atoms with Gasteiger partial charge in [-0.25, -0.2) is 4.98 Å². The van der Waals surface area contributed by atoms with Crippen LogP contribution in [0, 0.1) is 0 Å². The summed E-state index contributed by atoms with van der Waals surface area (Å²) in [5, 5.41) is 2.69. The Kier molecular flexibility index (Phi) is 4.11. The largest absolute Gasteiger partial charge is 0.417 e. The van der Waals surface area contributed by atoms with E-state index in [-0.39, 0.29) is 9.60 Å². The molecule has 118 valence electrons.